The monoisotopic (exact) mass is 500 g/mol. The molecule has 7 heteroatoms. The molecule has 0 aliphatic heterocycles. The SMILES string of the molecule is Oc1ccc(Cc2cc(Cl)c(O)c(Oc3ccc(Cc4cc(Cl)c(O)c(Cl)c4)cc3)c2)cc1. The highest BCUT2D eigenvalue weighted by Crippen LogP contribution is 2.39. The van der Waals surface area contributed by atoms with Crippen molar-refractivity contribution in [1.82, 2.24) is 0 Å². The summed E-state index contributed by atoms with van der Waals surface area (Å²) in [4.78, 5) is 0. The van der Waals surface area contributed by atoms with E-state index in [-0.39, 0.29) is 38.1 Å². The molecule has 0 fully saturated rings. The average Bonchev–Trinajstić information content (AvgIpc) is 2.78. The minimum atomic E-state index is -0.136. The molecule has 168 valence electrons. The van der Waals surface area contributed by atoms with Crippen molar-refractivity contribution in [3.63, 3.8) is 0 Å². The van der Waals surface area contributed by atoms with Crippen LogP contribution >= 0.6 is 34.8 Å². The molecule has 0 amide bonds. The van der Waals surface area contributed by atoms with Crippen LogP contribution < -0.4 is 4.74 Å². The highest BCUT2D eigenvalue weighted by atomic mass is 35.5. The Morgan fingerprint density at radius 1 is 0.545 bits per heavy atom. The predicted molar refractivity (Wildman–Crippen MR) is 131 cm³/mol. The fourth-order valence-corrected chi connectivity index (χ4v) is 4.18. The van der Waals surface area contributed by atoms with Gasteiger partial charge in [-0.1, -0.05) is 59.1 Å². The summed E-state index contributed by atoms with van der Waals surface area (Å²) in [5.41, 5.74) is 3.70. The smallest absolute Gasteiger partial charge is 0.177 e. The van der Waals surface area contributed by atoms with Crippen molar-refractivity contribution in [1.29, 1.82) is 0 Å². The van der Waals surface area contributed by atoms with Crippen molar-refractivity contribution in [2.75, 3.05) is 0 Å². The van der Waals surface area contributed by atoms with Crippen molar-refractivity contribution < 1.29 is 20.1 Å². The van der Waals surface area contributed by atoms with Crippen LogP contribution in [0.25, 0.3) is 0 Å². The molecule has 0 heterocycles. The zero-order valence-electron chi connectivity index (χ0n) is 17.2. The van der Waals surface area contributed by atoms with Crippen LogP contribution in [0.5, 0.6) is 28.7 Å². The van der Waals surface area contributed by atoms with Crippen molar-refractivity contribution in [2.45, 2.75) is 12.8 Å². The van der Waals surface area contributed by atoms with E-state index in [9.17, 15) is 15.3 Å². The second kappa shape index (κ2) is 9.84. The third-order valence-corrected chi connectivity index (χ3v) is 5.93. The zero-order valence-corrected chi connectivity index (χ0v) is 19.5. The van der Waals surface area contributed by atoms with Crippen LogP contribution in [0.1, 0.15) is 22.3 Å². The molecule has 4 rings (SSSR count). The molecule has 33 heavy (non-hydrogen) atoms. The number of benzene rings is 4. The number of rotatable bonds is 6. The number of hydrogen-bond acceptors (Lipinski definition) is 4. The third kappa shape index (κ3) is 5.66. The van der Waals surface area contributed by atoms with Crippen molar-refractivity contribution in [3.05, 3.63) is 110 Å². The van der Waals surface area contributed by atoms with Gasteiger partial charge in [-0.25, -0.2) is 0 Å². The Balaban J connectivity index is 1.50. The Hall–Kier alpha value is -3.05. The van der Waals surface area contributed by atoms with Crippen LogP contribution in [0.2, 0.25) is 15.1 Å². The maximum atomic E-state index is 10.4. The van der Waals surface area contributed by atoms with Crippen LogP contribution in [0, 0.1) is 0 Å². The van der Waals surface area contributed by atoms with Gasteiger partial charge in [0.25, 0.3) is 0 Å². The maximum Gasteiger partial charge on any atom is 0.177 e. The molecule has 0 bridgehead atoms. The van der Waals surface area contributed by atoms with E-state index >= 15 is 0 Å². The van der Waals surface area contributed by atoms with Gasteiger partial charge in [-0.3, -0.25) is 0 Å². The normalized spacial score (nSPS) is 10.9. The summed E-state index contributed by atoms with van der Waals surface area (Å²) in [7, 11) is 0. The number of aromatic hydroxyl groups is 3. The van der Waals surface area contributed by atoms with E-state index in [4.69, 9.17) is 39.5 Å². The Labute approximate surface area is 206 Å². The Morgan fingerprint density at radius 3 is 1.55 bits per heavy atom. The molecule has 0 aromatic heterocycles. The van der Waals surface area contributed by atoms with E-state index in [1.165, 1.54) is 0 Å². The van der Waals surface area contributed by atoms with Gasteiger partial charge in [-0.15, -0.1) is 0 Å². The molecule has 0 aliphatic carbocycles. The summed E-state index contributed by atoms with van der Waals surface area (Å²) >= 11 is 18.2. The van der Waals surface area contributed by atoms with Crippen LogP contribution in [-0.4, -0.2) is 15.3 Å². The van der Waals surface area contributed by atoms with Gasteiger partial charge in [0.1, 0.15) is 11.5 Å². The lowest BCUT2D eigenvalue weighted by Gasteiger charge is -2.12. The molecule has 4 nitrogen and oxygen atoms in total. The van der Waals surface area contributed by atoms with Crippen LogP contribution in [0.15, 0.2) is 72.8 Å². The van der Waals surface area contributed by atoms with Gasteiger partial charge in [0.2, 0.25) is 0 Å². The van der Waals surface area contributed by atoms with Gasteiger partial charge < -0.3 is 20.1 Å². The Morgan fingerprint density at radius 2 is 1.00 bits per heavy atom. The van der Waals surface area contributed by atoms with Crippen LogP contribution in [-0.2, 0) is 12.8 Å². The highest BCUT2D eigenvalue weighted by molar-refractivity contribution is 6.37. The van der Waals surface area contributed by atoms with E-state index in [0.717, 1.165) is 22.3 Å². The summed E-state index contributed by atoms with van der Waals surface area (Å²) in [6.45, 7) is 0. The number of hydrogen-bond donors (Lipinski definition) is 3. The minimum Gasteiger partial charge on any atom is -0.508 e. The molecule has 0 saturated heterocycles. The first kappa shape index (κ1) is 23.1. The fraction of sp³-hybridized carbons (Fsp3) is 0.0769. The molecular formula is C26H19Cl3O4. The number of halogens is 3. The quantitative estimate of drug-likeness (QED) is 0.253. The maximum absolute atomic E-state index is 10.4. The molecule has 0 atom stereocenters. The van der Waals surface area contributed by atoms with Gasteiger partial charge in [-0.05, 0) is 83.6 Å². The average molecular weight is 502 g/mol. The topological polar surface area (TPSA) is 69.9 Å². The van der Waals surface area contributed by atoms with Gasteiger partial charge in [0.05, 0.1) is 15.1 Å². The number of phenolic OH excluding ortho intramolecular Hbond substituents is 3. The minimum absolute atomic E-state index is 0.128. The second-order valence-electron chi connectivity index (χ2n) is 7.60. The largest absolute Gasteiger partial charge is 0.508 e. The fourth-order valence-electron chi connectivity index (χ4n) is 3.41. The summed E-state index contributed by atoms with van der Waals surface area (Å²) in [6.07, 6.45) is 1.13. The molecule has 0 aliphatic rings. The Kier molecular flexibility index (Phi) is 6.89. The van der Waals surface area contributed by atoms with Crippen molar-refractivity contribution in [3.8, 4) is 28.7 Å². The van der Waals surface area contributed by atoms with Gasteiger partial charge >= 0.3 is 0 Å². The van der Waals surface area contributed by atoms with Crippen LogP contribution in [0.4, 0.5) is 0 Å². The van der Waals surface area contributed by atoms with E-state index in [2.05, 4.69) is 0 Å². The number of ether oxygens (including phenoxy) is 1. The van der Waals surface area contributed by atoms with Gasteiger partial charge in [-0.2, -0.15) is 0 Å². The highest BCUT2D eigenvalue weighted by Gasteiger charge is 2.12. The van der Waals surface area contributed by atoms with E-state index in [0.29, 0.717) is 18.6 Å². The van der Waals surface area contributed by atoms with Crippen LogP contribution in [0.3, 0.4) is 0 Å². The lowest BCUT2D eigenvalue weighted by molar-refractivity contribution is 0.411. The molecule has 0 radical (unpaired) electrons. The lowest BCUT2D eigenvalue weighted by atomic mass is 10.0. The summed E-state index contributed by atoms with van der Waals surface area (Å²) in [5.74, 6) is 0.724. The van der Waals surface area contributed by atoms with Crippen molar-refractivity contribution in [2.24, 2.45) is 0 Å². The first-order chi connectivity index (χ1) is 15.8. The molecule has 0 unspecified atom stereocenters. The van der Waals surface area contributed by atoms with E-state index in [1.807, 2.05) is 24.3 Å². The van der Waals surface area contributed by atoms with Gasteiger partial charge in [0, 0.05) is 0 Å². The summed E-state index contributed by atoms with van der Waals surface area (Å²) < 4.78 is 5.90. The van der Waals surface area contributed by atoms with Crippen molar-refractivity contribution >= 4 is 34.8 Å². The summed E-state index contributed by atoms with van der Waals surface area (Å²) in [5, 5.41) is 30.1. The standard InChI is InChI=1S/C26H19Cl3O4/c27-21-11-17(12-22(28)25(21)31)9-16-3-7-20(8-4-16)33-24-14-18(13-23(29)26(24)32)10-15-1-5-19(30)6-2-15/h1-8,11-14,30-32H,9-10H2. The first-order valence-electron chi connectivity index (χ1n) is 10.0. The van der Waals surface area contributed by atoms with E-state index < -0.39 is 0 Å². The lowest BCUT2D eigenvalue weighted by Crippen LogP contribution is -1.93. The van der Waals surface area contributed by atoms with Gasteiger partial charge in [0.15, 0.2) is 17.2 Å². The molecular weight excluding hydrogens is 483 g/mol. The first-order valence-corrected chi connectivity index (χ1v) is 11.1. The van der Waals surface area contributed by atoms with E-state index in [1.54, 1.807) is 48.5 Å². The molecule has 4 aromatic rings. The zero-order chi connectivity index (χ0) is 23.5. The predicted octanol–water partition coefficient (Wildman–Crippen LogP) is 7.74. The molecule has 0 saturated carbocycles. The molecule has 0 spiro atoms. The Bertz CT molecular complexity index is 1260. The number of phenols is 3. The molecule has 3 N–H and O–H groups in total. The third-order valence-electron chi connectivity index (χ3n) is 5.07. The summed E-state index contributed by atoms with van der Waals surface area (Å²) in [6, 6.07) is 21.0. The molecule has 4 aromatic carbocycles. The second-order valence-corrected chi connectivity index (χ2v) is 8.82.